The van der Waals surface area contributed by atoms with E-state index in [0.717, 1.165) is 6.42 Å². The number of aromatic nitrogens is 1. The number of pyridine rings is 1. The number of benzene rings is 1. The minimum absolute atomic E-state index is 0.0851. The van der Waals surface area contributed by atoms with Gasteiger partial charge in [0, 0.05) is 6.20 Å². The SMILES string of the molecule is CCc1ccc(Oc2ncc(CO)cc2Cl)cc1. The van der Waals surface area contributed by atoms with E-state index in [1.54, 1.807) is 12.3 Å². The molecule has 0 aliphatic rings. The number of rotatable bonds is 4. The summed E-state index contributed by atoms with van der Waals surface area (Å²) in [4.78, 5) is 4.07. The van der Waals surface area contributed by atoms with Crippen LogP contribution in [0.4, 0.5) is 0 Å². The lowest BCUT2D eigenvalue weighted by atomic mass is 10.2. The van der Waals surface area contributed by atoms with Gasteiger partial charge in [0.15, 0.2) is 0 Å². The first-order valence-electron chi connectivity index (χ1n) is 5.75. The Morgan fingerprint density at radius 2 is 1.94 bits per heavy atom. The maximum atomic E-state index is 8.96. The van der Waals surface area contributed by atoms with E-state index in [0.29, 0.717) is 22.2 Å². The highest BCUT2D eigenvalue weighted by molar-refractivity contribution is 6.31. The third-order valence-corrected chi connectivity index (χ3v) is 2.86. The molecule has 2 rings (SSSR count). The molecule has 1 heterocycles. The Morgan fingerprint density at radius 1 is 1.22 bits per heavy atom. The monoisotopic (exact) mass is 263 g/mol. The molecule has 0 fully saturated rings. The van der Waals surface area contributed by atoms with Crippen molar-refractivity contribution in [1.29, 1.82) is 0 Å². The van der Waals surface area contributed by atoms with Gasteiger partial charge in [-0.2, -0.15) is 0 Å². The van der Waals surface area contributed by atoms with Crippen LogP contribution in [0.2, 0.25) is 5.02 Å². The van der Waals surface area contributed by atoms with E-state index in [4.69, 9.17) is 21.4 Å². The highest BCUT2D eigenvalue weighted by Gasteiger charge is 2.06. The Bertz CT molecular complexity index is 526. The first-order chi connectivity index (χ1) is 8.72. The fraction of sp³-hybridized carbons (Fsp3) is 0.214. The number of hydrogen-bond acceptors (Lipinski definition) is 3. The van der Waals surface area contributed by atoms with E-state index < -0.39 is 0 Å². The fourth-order valence-corrected chi connectivity index (χ4v) is 1.76. The molecular weight excluding hydrogens is 250 g/mol. The van der Waals surface area contributed by atoms with Gasteiger partial charge in [-0.25, -0.2) is 4.98 Å². The summed E-state index contributed by atoms with van der Waals surface area (Å²) in [6.45, 7) is 2.01. The van der Waals surface area contributed by atoms with Crippen LogP contribution in [0.25, 0.3) is 0 Å². The van der Waals surface area contributed by atoms with Crippen LogP contribution in [0.3, 0.4) is 0 Å². The van der Waals surface area contributed by atoms with Gasteiger partial charge >= 0.3 is 0 Å². The molecule has 0 unspecified atom stereocenters. The molecule has 0 spiro atoms. The van der Waals surface area contributed by atoms with Crippen LogP contribution in [0.1, 0.15) is 18.1 Å². The minimum Gasteiger partial charge on any atom is -0.438 e. The topological polar surface area (TPSA) is 42.4 Å². The Hall–Kier alpha value is -1.58. The number of nitrogens with zero attached hydrogens (tertiary/aromatic N) is 1. The molecule has 0 amide bonds. The number of halogens is 1. The molecule has 0 aliphatic carbocycles. The smallest absolute Gasteiger partial charge is 0.238 e. The first kappa shape index (κ1) is 12.9. The maximum Gasteiger partial charge on any atom is 0.238 e. The van der Waals surface area contributed by atoms with Gasteiger partial charge in [-0.05, 0) is 35.7 Å². The summed E-state index contributed by atoms with van der Waals surface area (Å²) in [7, 11) is 0. The summed E-state index contributed by atoms with van der Waals surface area (Å²) in [5.41, 5.74) is 1.91. The van der Waals surface area contributed by atoms with E-state index in [1.165, 1.54) is 5.56 Å². The van der Waals surface area contributed by atoms with Crippen LogP contribution in [-0.2, 0) is 13.0 Å². The van der Waals surface area contributed by atoms with Gasteiger partial charge in [0.25, 0.3) is 0 Å². The van der Waals surface area contributed by atoms with E-state index in [-0.39, 0.29) is 6.61 Å². The lowest BCUT2D eigenvalue weighted by Crippen LogP contribution is -1.92. The van der Waals surface area contributed by atoms with Crippen molar-refractivity contribution in [3.05, 3.63) is 52.7 Å². The zero-order chi connectivity index (χ0) is 13.0. The summed E-state index contributed by atoms with van der Waals surface area (Å²) in [5, 5.41) is 9.35. The van der Waals surface area contributed by atoms with E-state index in [2.05, 4.69) is 11.9 Å². The van der Waals surface area contributed by atoms with Crippen LogP contribution in [0.15, 0.2) is 36.5 Å². The van der Waals surface area contributed by atoms with Gasteiger partial charge in [-0.15, -0.1) is 0 Å². The zero-order valence-electron chi connectivity index (χ0n) is 10.1. The van der Waals surface area contributed by atoms with Gasteiger partial charge < -0.3 is 9.84 Å². The Balaban J connectivity index is 2.17. The number of ether oxygens (including phenoxy) is 1. The molecule has 0 aliphatic heterocycles. The Labute approximate surface area is 111 Å². The number of aryl methyl sites for hydroxylation is 1. The molecule has 0 radical (unpaired) electrons. The molecule has 2 aromatic rings. The van der Waals surface area contributed by atoms with Crippen molar-refractivity contribution >= 4 is 11.6 Å². The molecule has 3 nitrogen and oxygen atoms in total. The summed E-state index contributed by atoms with van der Waals surface area (Å²) in [5.74, 6) is 1.04. The third kappa shape index (κ3) is 3.00. The van der Waals surface area contributed by atoms with Gasteiger partial charge in [0.2, 0.25) is 5.88 Å². The van der Waals surface area contributed by atoms with Gasteiger partial charge in [-0.3, -0.25) is 0 Å². The number of hydrogen-bond donors (Lipinski definition) is 1. The molecule has 1 aromatic carbocycles. The molecule has 4 heteroatoms. The molecule has 1 aromatic heterocycles. The largest absolute Gasteiger partial charge is 0.438 e. The first-order valence-corrected chi connectivity index (χ1v) is 6.12. The average Bonchev–Trinajstić information content (AvgIpc) is 2.42. The minimum atomic E-state index is -0.0851. The van der Waals surface area contributed by atoms with Crippen LogP contribution in [-0.4, -0.2) is 10.1 Å². The number of aliphatic hydroxyl groups is 1. The van der Waals surface area contributed by atoms with Crippen LogP contribution in [0, 0.1) is 0 Å². The van der Waals surface area contributed by atoms with Gasteiger partial charge in [0.1, 0.15) is 10.8 Å². The molecular formula is C14H14ClNO2. The van der Waals surface area contributed by atoms with Crippen molar-refractivity contribution in [2.75, 3.05) is 0 Å². The summed E-state index contributed by atoms with van der Waals surface area (Å²) < 4.78 is 5.58. The predicted molar refractivity (Wildman–Crippen MR) is 71.1 cm³/mol. The maximum absolute atomic E-state index is 8.96. The van der Waals surface area contributed by atoms with Gasteiger partial charge in [0.05, 0.1) is 6.61 Å². The summed E-state index contributed by atoms with van der Waals surface area (Å²) >= 11 is 6.02. The highest BCUT2D eigenvalue weighted by atomic mass is 35.5. The Kier molecular flexibility index (Phi) is 4.18. The predicted octanol–water partition coefficient (Wildman–Crippen LogP) is 3.58. The number of aliphatic hydroxyl groups excluding tert-OH is 1. The average molecular weight is 264 g/mol. The van der Waals surface area contributed by atoms with E-state index in [1.807, 2.05) is 24.3 Å². The normalized spacial score (nSPS) is 10.4. The summed E-state index contributed by atoms with van der Waals surface area (Å²) in [6, 6.07) is 9.43. The fourth-order valence-electron chi connectivity index (χ4n) is 1.53. The molecule has 18 heavy (non-hydrogen) atoms. The van der Waals surface area contributed by atoms with E-state index >= 15 is 0 Å². The second kappa shape index (κ2) is 5.85. The van der Waals surface area contributed by atoms with Crippen molar-refractivity contribution < 1.29 is 9.84 Å². The third-order valence-electron chi connectivity index (χ3n) is 2.59. The molecule has 0 saturated carbocycles. The molecule has 0 saturated heterocycles. The van der Waals surface area contributed by atoms with Gasteiger partial charge in [-0.1, -0.05) is 30.7 Å². The zero-order valence-corrected chi connectivity index (χ0v) is 10.8. The molecule has 0 atom stereocenters. The van der Waals surface area contributed by atoms with Crippen LogP contribution < -0.4 is 4.74 Å². The van der Waals surface area contributed by atoms with Crippen molar-refractivity contribution in [1.82, 2.24) is 4.98 Å². The van der Waals surface area contributed by atoms with Crippen LogP contribution >= 0.6 is 11.6 Å². The summed E-state index contributed by atoms with van der Waals surface area (Å²) in [6.07, 6.45) is 2.53. The second-order valence-electron chi connectivity index (χ2n) is 3.89. The van der Waals surface area contributed by atoms with Crippen molar-refractivity contribution in [2.45, 2.75) is 20.0 Å². The standard InChI is InChI=1S/C14H14ClNO2/c1-2-10-3-5-12(6-4-10)18-14-13(15)7-11(9-17)8-16-14/h3-8,17H,2,9H2,1H3. The Morgan fingerprint density at radius 3 is 2.50 bits per heavy atom. The van der Waals surface area contributed by atoms with Crippen molar-refractivity contribution in [2.24, 2.45) is 0 Å². The second-order valence-corrected chi connectivity index (χ2v) is 4.30. The van der Waals surface area contributed by atoms with Crippen molar-refractivity contribution in [3.63, 3.8) is 0 Å². The molecule has 94 valence electrons. The lowest BCUT2D eigenvalue weighted by Gasteiger charge is -2.07. The lowest BCUT2D eigenvalue weighted by molar-refractivity contribution is 0.281. The molecule has 1 N–H and O–H groups in total. The van der Waals surface area contributed by atoms with Crippen LogP contribution in [0.5, 0.6) is 11.6 Å². The highest BCUT2D eigenvalue weighted by Crippen LogP contribution is 2.27. The quantitative estimate of drug-likeness (QED) is 0.917. The molecule has 0 bridgehead atoms. The van der Waals surface area contributed by atoms with Crippen molar-refractivity contribution in [3.8, 4) is 11.6 Å². The van der Waals surface area contributed by atoms with E-state index in [9.17, 15) is 0 Å².